The molecule has 0 bridgehead atoms. The molecule has 33 heavy (non-hydrogen) atoms. The molecule has 170 valence electrons. The second-order valence-corrected chi connectivity index (χ2v) is 8.99. The van der Waals surface area contributed by atoms with Crippen LogP contribution in [0, 0.1) is 0 Å². The van der Waals surface area contributed by atoms with Crippen LogP contribution in [0.25, 0.3) is 10.4 Å². The molecule has 1 aromatic heterocycles. The van der Waals surface area contributed by atoms with Crippen LogP contribution in [0.1, 0.15) is 22.2 Å². The van der Waals surface area contributed by atoms with E-state index < -0.39 is 12.1 Å². The van der Waals surface area contributed by atoms with Gasteiger partial charge in [-0.3, -0.25) is 4.79 Å². The average molecular weight is 465 g/mol. The van der Waals surface area contributed by atoms with Crippen molar-refractivity contribution in [2.45, 2.75) is 19.6 Å². The quantitative estimate of drug-likeness (QED) is 0.567. The SMILES string of the molecule is CC(OC(=O)c1cc2c(s1)-c1ccccc1OC2)C(=O)Nc1ccc(N2CCOCC2)cc1. The van der Waals surface area contributed by atoms with Crippen molar-refractivity contribution in [1.82, 2.24) is 0 Å². The van der Waals surface area contributed by atoms with Gasteiger partial charge in [-0.1, -0.05) is 12.1 Å². The van der Waals surface area contributed by atoms with Gasteiger partial charge in [-0.05, 0) is 49.4 Å². The lowest BCUT2D eigenvalue weighted by atomic mass is 10.1. The van der Waals surface area contributed by atoms with Gasteiger partial charge in [-0.15, -0.1) is 11.3 Å². The largest absolute Gasteiger partial charge is 0.488 e. The predicted molar refractivity (Wildman–Crippen MR) is 127 cm³/mol. The van der Waals surface area contributed by atoms with Crippen LogP contribution in [-0.4, -0.2) is 44.3 Å². The zero-order valence-corrected chi connectivity index (χ0v) is 19.0. The lowest BCUT2D eigenvalue weighted by molar-refractivity contribution is -0.123. The highest BCUT2D eigenvalue weighted by molar-refractivity contribution is 7.17. The van der Waals surface area contributed by atoms with Gasteiger partial charge in [0.05, 0.1) is 13.2 Å². The van der Waals surface area contributed by atoms with E-state index in [9.17, 15) is 9.59 Å². The highest BCUT2D eigenvalue weighted by Gasteiger charge is 2.25. The summed E-state index contributed by atoms with van der Waals surface area (Å²) in [5, 5.41) is 2.81. The highest BCUT2D eigenvalue weighted by Crippen LogP contribution is 2.42. The lowest BCUT2D eigenvalue weighted by Crippen LogP contribution is -2.36. The number of anilines is 2. The number of esters is 1. The Kier molecular flexibility index (Phi) is 6.02. The molecule has 3 aromatic rings. The minimum Gasteiger partial charge on any atom is -0.488 e. The number of amides is 1. The van der Waals surface area contributed by atoms with Crippen molar-refractivity contribution in [2.24, 2.45) is 0 Å². The molecule has 2 aromatic carbocycles. The van der Waals surface area contributed by atoms with E-state index in [4.69, 9.17) is 14.2 Å². The average Bonchev–Trinajstić information content (AvgIpc) is 3.30. The van der Waals surface area contributed by atoms with Crippen molar-refractivity contribution in [3.8, 4) is 16.2 Å². The molecule has 0 saturated carbocycles. The number of thiophene rings is 1. The molecular formula is C25H24N2O5S. The number of morpholine rings is 1. The molecule has 5 rings (SSSR count). The van der Waals surface area contributed by atoms with Crippen LogP contribution in [-0.2, 0) is 20.9 Å². The number of para-hydroxylation sites is 1. The Bertz CT molecular complexity index is 1170. The molecule has 1 N–H and O–H groups in total. The van der Waals surface area contributed by atoms with Crippen molar-refractivity contribution >= 4 is 34.6 Å². The minimum atomic E-state index is -0.931. The summed E-state index contributed by atoms with van der Waals surface area (Å²) in [5.74, 6) is -0.0891. The van der Waals surface area contributed by atoms with E-state index in [1.807, 2.05) is 48.5 Å². The van der Waals surface area contributed by atoms with Gasteiger partial charge in [0.15, 0.2) is 6.10 Å². The molecular weight excluding hydrogens is 440 g/mol. The summed E-state index contributed by atoms with van der Waals surface area (Å²) in [7, 11) is 0. The molecule has 0 radical (unpaired) electrons. The summed E-state index contributed by atoms with van der Waals surface area (Å²) in [6.45, 7) is 5.11. The Hall–Kier alpha value is -3.36. The number of ether oxygens (including phenoxy) is 3. The van der Waals surface area contributed by atoms with E-state index in [0.29, 0.717) is 30.4 Å². The fourth-order valence-electron chi connectivity index (χ4n) is 3.89. The van der Waals surface area contributed by atoms with Gasteiger partial charge < -0.3 is 24.4 Å². The van der Waals surface area contributed by atoms with E-state index in [2.05, 4.69) is 10.2 Å². The van der Waals surface area contributed by atoms with Gasteiger partial charge in [0, 0.05) is 40.5 Å². The third kappa shape index (κ3) is 4.58. The maximum atomic E-state index is 12.7. The maximum absolute atomic E-state index is 12.7. The molecule has 0 spiro atoms. The molecule has 1 fully saturated rings. The fourth-order valence-corrected chi connectivity index (χ4v) is 4.97. The van der Waals surface area contributed by atoms with Crippen molar-refractivity contribution < 1.29 is 23.8 Å². The Labute approximate surface area is 195 Å². The zero-order chi connectivity index (χ0) is 22.8. The van der Waals surface area contributed by atoms with Crippen LogP contribution in [0.4, 0.5) is 11.4 Å². The lowest BCUT2D eigenvalue weighted by Gasteiger charge is -2.28. The maximum Gasteiger partial charge on any atom is 0.349 e. The Morgan fingerprint density at radius 3 is 2.64 bits per heavy atom. The van der Waals surface area contributed by atoms with Gasteiger partial charge >= 0.3 is 5.97 Å². The van der Waals surface area contributed by atoms with Crippen LogP contribution in [0.15, 0.2) is 54.6 Å². The van der Waals surface area contributed by atoms with E-state index in [1.54, 1.807) is 13.0 Å². The number of nitrogens with one attached hydrogen (secondary N) is 1. The molecule has 1 unspecified atom stereocenters. The van der Waals surface area contributed by atoms with Crippen LogP contribution in [0.2, 0.25) is 0 Å². The molecule has 2 aliphatic heterocycles. The highest BCUT2D eigenvalue weighted by atomic mass is 32.1. The van der Waals surface area contributed by atoms with Crippen LogP contribution in [0.5, 0.6) is 5.75 Å². The molecule has 1 saturated heterocycles. The summed E-state index contributed by atoms with van der Waals surface area (Å²) < 4.78 is 16.6. The van der Waals surface area contributed by atoms with Gasteiger partial charge in [-0.2, -0.15) is 0 Å². The predicted octanol–water partition coefficient (Wildman–Crippen LogP) is 4.33. The number of nitrogens with zero attached hydrogens (tertiary/aromatic N) is 1. The number of carbonyl (C=O) groups is 2. The van der Waals surface area contributed by atoms with Gasteiger partial charge in [0.2, 0.25) is 0 Å². The Morgan fingerprint density at radius 2 is 1.85 bits per heavy atom. The first-order chi connectivity index (χ1) is 16.1. The molecule has 1 atom stereocenters. The summed E-state index contributed by atoms with van der Waals surface area (Å²) in [5.41, 5.74) is 3.65. The molecule has 7 nitrogen and oxygen atoms in total. The first-order valence-corrected chi connectivity index (χ1v) is 11.7. The third-order valence-electron chi connectivity index (χ3n) is 5.69. The summed E-state index contributed by atoms with van der Waals surface area (Å²) in [6.07, 6.45) is -0.931. The summed E-state index contributed by atoms with van der Waals surface area (Å²) in [6, 6.07) is 17.2. The van der Waals surface area contributed by atoms with E-state index in [-0.39, 0.29) is 5.91 Å². The zero-order valence-electron chi connectivity index (χ0n) is 18.2. The second kappa shape index (κ2) is 9.25. The molecule has 8 heteroatoms. The molecule has 3 heterocycles. The minimum absolute atomic E-state index is 0.377. The van der Waals surface area contributed by atoms with Crippen molar-refractivity contribution in [3.63, 3.8) is 0 Å². The normalized spacial score (nSPS) is 15.6. The van der Waals surface area contributed by atoms with E-state index >= 15 is 0 Å². The van der Waals surface area contributed by atoms with Crippen LogP contribution >= 0.6 is 11.3 Å². The molecule has 0 aliphatic carbocycles. The van der Waals surface area contributed by atoms with Crippen molar-refractivity contribution in [2.75, 3.05) is 36.5 Å². The molecule has 2 aliphatic rings. The summed E-state index contributed by atoms with van der Waals surface area (Å²) >= 11 is 1.36. The van der Waals surface area contributed by atoms with Crippen molar-refractivity contribution in [1.29, 1.82) is 0 Å². The van der Waals surface area contributed by atoms with Crippen LogP contribution in [0.3, 0.4) is 0 Å². The van der Waals surface area contributed by atoms with Crippen molar-refractivity contribution in [3.05, 3.63) is 65.0 Å². The number of rotatable bonds is 5. The number of benzene rings is 2. The second-order valence-electron chi connectivity index (χ2n) is 7.93. The monoisotopic (exact) mass is 464 g/mol. The van der Waals surface area contributed by atoms with Gasteiger partial charge in [-0.25, -0.2) is 4.79 Å². The number of carbonyl (C=O) groups excluding carboxylic acids is 2. The Morgan fingerprint density at radius 1 is 1.09 bits per heavy atom. The van der Waals surface area contributed by atoms with Gasteiger partial charge in [0.1, 0.15) is 17.2 Å². The fraction of sp³-hybridized carbons (Fsp3) is 0.280. The third-order valence-corrected chi connectivity index (χ3v) is 6.88. The number of hydrogen-bond acceptors (Lipinski definition) is 7. The smallest absolute Gasteiger partial charge is 0.349 e. The molecule has 1 amide bonds. The van der Waals surface area contributed by atoms with E-state index in [1.165, 1.54) is 11.3 Å². The first kappa shape index (κ1) is 21.5. The number of fused-ring (bicyclic) bond motifs is 3. The topological polar surface area (TPSA) is 77.1 Å². The number of hydrogen-bond donors (Lipinski definition) is 1. The summed E-state index contributed by atoms with van der Waals surface area (Å²) in [4.78, 5) is 29.0. The first-order valence-electron chi connectivity index (χ1n) is 10.9. The van der Waals surface area contributed by atoms with Crippen LogP contribution < -0.4 is 15.0 Å². The van der Waals surface area contributed by atoms with Gasteiger partial charge in [0.25, 0.3) is 5.91 Å². The van der Waals surface area contributed by atoms with E-state index in [0.717, 1.165) is 40.5 Å². The Balaban J connectivity index is 1.20. The standard InChI is InChI=1S/C25H24N2O5S/c1-16(24(28)26-18-6-8-19(9-7-18)27-10-12-30-13-11-27)32-25(29)22-14-17-15-31-21-5-3-2-4-20(21)23(17)33-22/h2-9,14,16H,10-13,15H2,1H3,(H,26,28).